The van der Waals surface area contributed by atoms with E-state index < -0.39 is 6.04 Å². The molecule has 1 aromatic heterocycles. The predicted octanol–water partition coefficient (Wildman–Crippen LogP) is 2.79. The maximum atomic E-state index is 13.1. The van der Waals surface area contributed by atoms with E-state index in [9.17, 15) is 10.0 Å². The van der Waals surface area contributed by atoms with Crippen molar-refractivity contribution in [3.8, 4) is 0 Å². The second-order valence-corrected chi connectivity index (χ2v) is 7.10. The van der Waals surface area contributed by atoms with Crippen LogP contribution in [0, 0.1) is 12.1 Å². The average molecular weight is 385 g/mol. The molecule has 1 aliphatic heterocycles. The van der Waals surface area contributed by atoms with Crippen LogP contribution in [0.3, 0.4) is 0 Å². The normalized spacial score (nSPS) is 17.9. The molecule has 7 nitrogen and oxygen atoms in total. The summed E-state index contributed by atoms with van der Waals surface area (Å²) in [6.45, 7) is 11.8. The van der Waals surface area contributed by atoms with Crippen molar-refractivity contribution in [3.63, 3.8) is 0 Å². The molecule has 152 valence electrons. The van der Waals surface area contributed by atoms with Crippen molar-refractivity contribution in [2.75, 3.05) is 37.6 Å². The van der Waals surface area contributed by atoms with E-state index in [2.05, 4.69) is 23.8 Å². The van der Waals surface area contributed by atoms with E-state index in [-0.39, 0.29) is 12.5 Å². The van der Waals surface area contributed by atoms with Gasteiger partial charge in [-0.1, -0.05) is 44.2 Å². The zero-order chi connectivity index (χ0) is 20.3. The molecule has 2 heterocycles. The molecule has 0 saturated carbocycles. The number of nitrogens with zero attached hydrogens (tertiary/aromatic N) is 5. The summed E-state index contributed by atoms with van der Waals surface area (Å²) >= 11 is 0. The first-order chi connectivity index (χ1) is 13.5. The molecule has 2 aromatic rings. The lowest BCUT2D eigenvalue weighted by Gasteiger charge is -2.35. The van der Waals surface area contributed by atoms with Gasteiger partial charge in [-0.15, -0.1) is 0 Å². The fourth-order valence-corrected chi connectivity index (χ4v) is 3.96. The van der Waals surface area contributed by atoms with Crippen LogP contribution in [0.4, 0.5) is 5.82 Å². The highest BCUT2D eigenvalue weighted by Gasteiger charge is 2.35. The summed E-state index contributed by atoms with van der Waals surface area (Å²) in [5.74, 6) is 0.598. The Hall–Kier alpha value is -2.22. The number of fused-ring (bicyclic) bond motifs is 1. The Bertz CT molecular complexity index is 801. The average Bonchev–Trinajstić information content (AvgIpc) is 2.96. The summed E-state index contributed by atoms with van der Waals surface area (Å²) < 4.78 is 1.86. The maximum Gasteiger partial charge on any atom is 0.241 e. The Kier molecular flexibility index (Phi) is 6.49. The highest BCUT2D eigenvalue weighted by atomic mass is 16.5. The van der Waals surface area contributed by atoms with Gasteiger partial charge in [0.15, 0.2) is 0 Å². The Morgan fingerprint density at radius 1 is 1.18 bits per heavy atom. The van der Waals surface area contributed by atoms with Crippen LogP contribution in [0.25, 0.3) is 0 Å². The number of hydrogen-bond acceptors (Lipinski definition) is 5. The van der Waals surface area contributed by atoms with Crippen molar-refractivity contribution >= 4 is 11.7 Å². The lowest BCUT2D eigenvalue weighted by atomic mass is 9.98. The SMILES string of the molecule is CCN(CC)CCN1C(=O)CN([O-])C(c2ccccc2)c2c(C)nn(CC)c21. The van der Waals surface area contributed by atoms with Gasteiger partial charge in [-0.3, -0.25) is 9.69 Å². The van der Waals surface area contributed by atoms with Crippen LogP contribution in [0.15, 0.2) is 30.3 Å². The summed E-state index contributed by atoms with van der Waals surface area (Å²) in [4.78, 5) is 17.1. The van der Waals surface area contributed by atoms with E-state index in [1.807, 2.05) is 48.9 Å². The monoisotopic (exact) mass is 384 g/mol. The topological polar surface area (TPSA) is 67.7 Å². The molecule has 0 N–H and O–H groups in total. The number of aromatic nitrogens is 2. The predicted molar refractivity (Wildman–Crippen MR) is 111 cm³/mol. The minimum Gasteiger partial charge on any atom is -0.784 e. The lowest BCUT2D eigenvalue weighted by molar-refractivity contribution is -0.119. The van der Waals surface area contributed by atoms with E-state index in [0.717, 1.165) is 47.3 Å². The Morgan fingerprint density at radius 2 is 1.86 bits per heavy atom. The van der Waals surface area contributed by atoms with Crippen molar-refractivity contribution in [2.45, 2.75) is 40.3 Å². The number of carbonyl (C=O) groups excluding carboxylic acids is 1. The standard InChI is InChI=1S/C21H30N5O2/c1-5-23(6-2)13-14-24-18(27)15-26(28)20(17-11-9-8-10-12-17)19-16(4)22-25(7-3)21(19)24/h8-12,20H,5-7,13-15H2,1-4H3/q-1. The quantitative estimate of drug-likeness (QED) is 0.734. The van der Waals surface area contributed by atoms with Gasteiger partial charge >= 0.3 is 0 Å². The van der Waals surface area contributed by atoms with E-state index in [1.54, 1.807) is 4.90 Å². The highest BCUT2D eigenvalue weighted by molar-refractivity contribution is 5.96. The first-order valence-corrected chi connectivity index (χ1v) is 10.1. The molecule has 0 bridgehead atoms. The fourth-order valence-electron chi connectivity index (χ4n) is 3.96. The summed E-state index contributed by atoms with van der Waals surface area (Å²) in [5.41, 5.74) is 2.53. The first-order valence-electron chi connectivity index (χ1n) is 10.1. The molecule has 1 aliphatic rings. The van der Waals surface area contributed by atoms with Crippen molar-refractivity contribution < 1.29 is 4.79 Å². The van der Waals surface area contributed by atoms with Crippen molar-refractivity contribution in [2.24, 2.45) is 0 Å². The number of likely N-dealkylation sites (N-methyl/N-ethyl adjacent to an activating group) is 1. The molecule has 0 fully saturated rings. The summed E-state index contributed by atoms with van der Waals surface area (Å²) in [7, 11) is 0. The minimum absolute atomic E-state index is 0.157. The molecule has 0 spiro atoms. The Morgan fingerprint density at radius 3 is 2.46 bits per heavy atom. The molecule has 0 radical (unpaired) electrons. The third-order valence-electron chi connectivity index (χ3n) is 5.50. The molecule has 1 amide bonds. The molecule has 0 saturated heterocycles. The number of hydroxylamine groups is 2. The number of aryl methyl sites for hydroxylation is 2. The van der Waals surface area contributed by atoms with E-state index in [1.165, 1.54) is 0 Å². The van der Waals surface area contributed by atoms with Crippen LogP contribution in [0.2, 0.25) is 0 Å². The Balaban J connectivity index is 2.09. The van der Waals surface area contributed by atoms with Gasteiger partial charge in [0.05, 0.1) is 18.3 Å². The number of carbonyl (C=O) groups is 1. The van der Waals surface area contributed by atoms with Gasteiger partial charge in [-0.25, -0.2) is 4.68 Å². The molecular weight excluding hydrogens is 354 g/mol. The molecule has 1 atom stereocenters. The minimum atomic E-state index is -0.529. The first kappa shape index (κ1) is 20.5. The van der Waals surface area contributed by atoms with E-state index >= 15 is 0 Å². The second kappa shape index (κ2) is 8.86. The van der Waals surface area contributed by atoms with Gasteiger partial charge in [0.25, 0.3) is 0 Å². The number of rotatable bonds is 7. The summed E-state index contributed by atoms with van der Waals surface area (Å²) in [6.07, 6.45) is 0. The summed E-state index contributed by atoms with van der Waals surface area (Å²) in [5, 5.41) is 18.6. The third-order valence-corrected chi connectivity index (χ3v) is 5.50. The molecule has 28 heavy (non-hydrogen) atoms. The third kappa shape index (κ3) is 3.83. The van der Waals surface area contributed by atoms with Crippen LogP contribution in [-0.4, -0.2) is 58.4 Å². The number of hydrogen-bond donors (Lipinski definition) is 0. The molecule has 7 heteroatoms. The van der Waals surface area contributed by atoms with Gasteiger partial charge in [-0.2, -0.15) is 5.10 Å². The molecule has 0 aliphatic carbocycles. The maximum absolute atomic E-state index is 13.1. The molecule has 3 rings (SSSR count). The zero-order valence-electron chi connectivity index (χ0n) is 17.3. The van der Waals surface area contributed by atoms with Crippen LogP contribution in [-0.2, 0) is 11.3 Å². The van der Waals surface area contributed by atoms with E-state index in [0.29, 0.717) is 13.1 Å². The van der Waals surface area contributed by atoms with Gasteiger partial charge in [-0.05, 0) is 32.5 Å². The van der Waals surface area contributed by atoms with Gasteiger partial charge in [0.2, 0.25) is 5.91 Å². The van der Waals surface area contributed by atoms with Gasteiger partial charge in [0.1, 0.15) is 5.82 Å². The number of amides is 1. The van der Waals surface area contributed by atoms with Gasteiger partial charge in [0, 0.05) is 25.2 Å². The van der Waals surface area contributed by atoms with E-state index in [4.69, 9.17) is 0 Å². The molecular formula is C21H30N5O2-. The van der Waals surface area contributed by atoms with Crippen LogP contribution < -0.4 is 4.90 Å². The fraction of sp³-hybridized carbons (Fsp3) is 0.524. The zero-order valence-corrected chi connectivity index (χ0v) is 17.3. The number of benzene rings is 1. The van der Waals surface area contributed by atoms with Crippen molar-refractivity contribution in [1.82, 2.24) is 19.7 Å². The van der Waals surface area contributed by atoms with Crippen molar-refractivity contribution in [1.29, 1.82) is 0 Å². The molecule has 1 aromatic carbocycles. The summed E-state index contributed by atoms with van der Waals surface area (Å²) in [6, 6.07) is 9.13. The largest absolute Gasteiger partial charge is 0.784 e. The van der Waals surface area contributed by atoms with Crippen molar-refractivity contribution in [3.05, 3.63) is 52.4 Å². The highest BCUT2D eigenvalue weighted by Crippen LogP contribution is 2.39. The second-order valence-electron chi connectivity index (χ2n) is 7.10. The smallest absolute Gasteiger partial charge is 0.241 e. The van der Waals surface area contributed by atoms with Crippen LogP contribution >= 0.6 is 0 Å². The Labute approximate surface area is 167 Å². The van der Waals surface area contributed by atoms with Crippen LogP contribution in [0.1, 0.15) is 43.6 Å². The lowest BCUT2D eigenvalue weighted by Crippen LogP contribution is -2.42. The van der Waals surface area contributed by atoms with Gasteiger partial charge < -0.3 is 15.2 Å². The van der Waals surface area contributed by atoms with Crippen LogP contribution in [0.5, 0.6) is 0 Å². The number of anilines is 1. The molecule has 1 unspecified atom stereocenters.